The molecule has 2 heterocycles. The van der Waals surface area contributed by atoms with Gasteiger partial charge in [-0.25, -0.2) is 9.97 Å². The predicted octanol–water partition coefficient (Wildman–Crippen LogP) is 3.86. The van der Waals surface area contributed by atoms with Gasteiger partial charge in [-0.05, 0) is 12.5 Å². The highest BCUT2D eigenvalue weighted by atomic mass is 16.5. The van der Waals surface area contributed by atoms with Crippen LogP contribution in [0, 0.1) is 6.92 Å². The Balaban J connectivity index is 1.93. The van der Waals surface area contributed by atoms with Crippen LogP contribution in [0.5, 0.6) is 5.88 Å². The lowest BCUT2D eigenvalue weighted by Crippen LogP contribution is -2.03. The number of nitrogens with zero attached hydrogens (tertiary/aromatic N) is 4. The summed E-state index contributed by atoms with van der Waals surface area (Å²) in [5.74, 6) is 1.35. The van der Waals surface area contributed by atoms with E-state index in [4.69, 9.17) is 9.72 Å². The first-order chi connectivity index (χ1) is 12.3. The Morgan fingerprint density at radius 3 is 2.44 bits per heavy atom. The number of fused-ring (bicyclic) bond motifs is 1. The van der Waals surface area contributed by atoms with Crippen molar-refractivity contribution in [3.05, 3.63) is 72.1 Å². The van der Waals surface area contributed by atoms with E-state index in [-0.39, 0.29) is 0 Å². The van der Waals surface area contributed by atoms with Gasteiger partial charge in [-0.15, -0.1) is 0 Å². The lowest BCUT2D eigenvalue weighted by atomic mass is 10.1. The van der Waals surface area contributed by atoms with Gasteiger partial charge in [0.25, 0.3) is 0 Å². The maximum atomic E-state index is 5.37. The van der Waals surface area contributed by atoms with Crippen molar-refractivity contribution in [2.45, 2.75) is 13.5 Å². The van der Waals surface area contributed by atoms with E-state index in [1.807, 2.05) is 18.2 Å². The summed E-state index contributed by atoms with van der Waals surface area (Å²) in [5.41, 5.74) is 4.89. The molecular weight excluding hydrogens is 312 g/mol. The summed E-state index contributed by atoms with van der Waals surface area (Å²) in [6.45, 7) is 2.76. The maximum Gasteiger partial charge on any atom is 0.245 e. The standard InChI is InChI=1S/C20H18N4O/c1-14-8-10-16(11-9-14)18-23-17-19(21-13-22-20(17)25-2)24(18)12-15-6-4-3-5-7-15/h3-11,13H,12H2,1-2H3. The van der Waals surface area contributed by atoms with Crippen LogP contribution in [0.3, 0.4) is 0 Å². The number of benzene rings is 2. The van der Waals surface area contributed by atoms with E-state index in [1.165, 1.54) is 17.5 Å². The van der Waals surface area contributed by atoms with Crippen LogP contribution in [0.4, 0.5) is 0 Å². The molecule has 5 heteroatoms. The smallest absolute Gasteiger partial charge is 0.245 e. The van der Waals surface area contributed by atoms with Crippen LogP contribution in [0.1, 0.15) is 11.1 Å². The molecule has 2 aromatic heterocycles. The molecule has 0 bridgehead atoms. The Morgan fingerprint density at radius 1 is 0.960 bits per heavy atom. The predicted molar refractivity (Wildman–Crippen MR) is 97.6 cm³/mol. The minimum atomic E-state index is 0.491. The second-order valence-corrected chi connectivity index (χ2v) is 5.93. The molecule has 0 unspecified atom stereocenters. The van der Waals surface area contributed by atoms with Gasteiger partial charge in [0.1, 0.15) is 12.2 Å². The highest BCUT2D eigenvalue weighted by Crippen LogP contribution is 2.28. The van der Waals surface area contributed by atoms with Crippen LogP contribution in [-0.4, -0.2) is 26.6 Å². The van der Waals surface area contributed by atoms with E-state index in [2.05, 4.69) is 57.9 Å². The Labute approximate surface area is 146 Å². The van der Waals surface area contributed by atoms with Crippen LogP contribution in [0.25, 0.3) is 22.6 Å². The van der Waals surface area contributed by atoms with Gasteiger partial charge in [0.2, 0.25) is 5.88 Å². The molecule has 124 valence electrons. The summed E-state index contributed by atoms with van der Waals surface area (Å²) in [4.78, 5) is 13.4. The molecular formula is C20H18N4O. The van der Waals surface area contributed by atoms with Gasteiger partial charge in [0, 0.05) is 5.56 Å². The summed E-state index contributed by atoms with van der Waals surface area (Å²) in [7, 11) is 1.60. The number of rotatable bonds is 4. The van der Waals surface area contributed by atoms with Crippen molar-refractivity contribution in [3.8, 4) is 17.3 Å². The first kappa shape index (κ1) is 15.3. The molecule has 0 spiro atoms. The van der Waals surface area contributed by atoms with E-state index in [0.29, 0.717) is 17.9 Å². The molecule has 4 aromatic rings. The topological polar surface area (TPSA) is 52.8 Å². The highest BCUT2D eigenvalue weighted by molar-refractivity contribution is 5.81. The first-order valence-corrected chi connectivity index (χ1v) is 8.12. The third-order valence-corrected chi connectivity index (χ3v) is 4.19. The largest absolute Gasteiger partial charge is 0.479 e. The van der Waals surface area contributed by atoms with Crippen molar-refractivity contribution in [3.63, 3.8) is 0 Å². The molecule has 0 aliphatic rings. The second-order valence-electron chi connectivity index (χ2n) is 5.93. The Bertz CT molecular complexity index is 1010. The van der Waals surface area contributed by atoms with Crippen LogP contribution in [0.15, 0.2) is 60.9 Å². The summed E-state index contributed by atoms with van der Waals surface area (Å²) >= 11 is 0. The van der Waals surface area contributed by atoms with E-state index in [0.717, 1.165) is 17.0 Å². The number of hydrogen-bond donors (Lipinski definition) is 0. The van der Waals surface area contributed by atoms with Gasteiger partial charge in [-0.1, -0.05) is 60.2 Å². The van der Waals surface area contributed by atoms with Crippen LogP contribution in [-0.2, 0) is 6.54 Å². The minimum absolute atomic E-state index is 0.491. The molecule has 0 fully saturated rings. The van der Waals surface area contributed by atoms with Gasteiger partial charge in [-0.3, -0.25) is 0 Å². The number of methoxy groups -OCH3 is 1. The van der Waals surface area contributed by atoms with Gasteiger partial charge in [0.05, 0.1) is 13.7 Å². The molecule has 5 nitrogen and oxygen atoms in total. The van der Waals surface area contributed by atoms with Crippen molar-refractivity contribution in [2.75, 3.05) is 7.11 Å². The molecule has 0 saturated heterocycles. The average Bonchev–Trinajstić information content (AvgIpc) is 3.02. The zero-order chi connectivity index (χ0) is 17.2. The SMILES string of the molecule is COc1ncnc2c1nc(-c1ccc(C)cc1)n2Cc1ccccc1. The number of imidazole rings is 1. The summed E-state index contributed by atoms with van der Waals surface area (Å²) in [6, 6.07) is 18.6. The van der Waals surface area contributed by atoms with E-state index < -0.39 is 0 Å². The fourth-order valence-electron chi connectivity index (χ4n) is 2.90. The summed E-state index contributed by atoms with van der Waals surface area (Å²) in [5, 5.41) is 0. The second kappa shape index (κ2) is 6.36. The van der Waals surface area contributed by atoms with Gasteiger partial charge >= 0.3 is 0 Å². The lowest BCUT2D eigenvalue weighted by Gasteiger charge is -2.09. The van der Waals surface area contributed by atoms with Crippen LogP contribution < -0.4 is 4.74 Å². The Kier molecular flexibility index (Phi) is 3.90. The molecule has 0 aliphatic carbocycles. The van der Waals surface area contributed by atoms with Crippen molar-refractivity contribution < 1.29 is 4.74 Å². The van der Waals surface area contributed by atoms with Gasteiger partial charge in [-0.2, -0.15) is 4.98 Å². The summed E-state index contributed by atoms with van der Waals surface area (Å²) in [6.07, 6.45) is 1.52. The minimum Gasteiger partial charge on any atom is -0.479 e. The third kappa shape index (κ3) is 2.85. The molecule has 0 atom stereocenters. The molecule has 0 aliphatic heterocycles. The van der Waals surface area contributed by atoms with E-state index >= 15 is 0 Å². The van der Waals surface area contributed by atoms with Crippen LogP contribution >= 0.6 is 0 Å². The molecule has 0 amide bonds. The maximum absolute atomic E-state index is 5.37. The van der Waals surface area contributed by atoms with Crippen molar-refractivity contribution >= 4 is 11.2 Å². The van der Waals surface area contributed by atoms with Gasteiger partial charge < -0.3 is 9.30 Å². The molecule has 0 N–H and O–H groups in total. The quantitative estimate of drug-likeness (QED) is 0.570. The first-order valence-electron chi connectivity index (χ1n) is 8.12. The normalized spacial score (nSPS) is 11.0. The lowest BCUT2D eigenvalue weighted by molar-refractivity contribution is 0.401. The zero-order valence-corrected chi connectivity index (χ0v) is 14.2. The average molecular weight is 330 g/mol. The molecule has 25 heavy (non-hydrogen) atoms. The van der Waals surface area contributed by atoms with E-state index in [9.17, 15) is 0 Å². The van der Waals surface area contributed by atoms with E-state index in [1.54, 1.807) is 7.11 Å². The number of hydrogen-bond acceptors (Lipinski definition) is 4. The van der Waals surface area contributed by atoms with Crippen molar-refractivity contribution in [1.29, 1.82) is 0 Å². The fraction of sp³-hybridized carbons (Fsp3) is 0.150. The number of aryl methyl sites for hydroxylation is 1. The fourth-order valence-corrected chi connectivity index (χ4v) is 2.90. The molecule has 0 saturated carbocycles. The van der Waals surface area contributed by atoms with Crippen molar-refractivity contribution in [2.24, 2.45) is 0 Å². The van der Waals surface area contributed by atoms with Crippen LogP contribution in [0.2, 0.25) is 0 Å². The molecule has 2 aromatic carbocycles. The number of aromatic nitrogens is 4. The van der Waals surface area contributed by atoms with Gasteiger partial charge in [0.15, 0.2) is 11.2 Å². The third-order valence-electron chi connectivity index (χ3n) is 4.19. The van der Waals surface area contributed by atoms with Crippen molar-refractivity contribution in [1.82, 2.24) is 19.5 Å². The Morgan fingerprint density at radius 2 is 1.72 bits per heavy atom. The Hall–Kier alpha value is -3.21. The molecule has 0 radical (unpaired) electrons. The highest BCUT2D eigenvalue weighted by Gasteiger charge is 2.17. The molecule has 4 rings (SSSR count). The zero-order valence-electron chi connectivity index (χ0n) is 14.2. The summed E-state index contributed by atoms with van der Waals surface area (Å²) < 4.78 is 7.48. The number of ether oxygens (including phenoxy) is 1. The monoisotopic (exact) mass is 330 g/mol.